The number of hydrogen-bond acceptors (Lipinski definition) is 5. The molecule has 1 saturated heterocycles. The van der Waals surface area contributed by atoms with Gasteiger partial charge in [0.1, 0.15) is 5.82 Å². The van der Waals surface area contributed by atoms with Crippen molar-refractivity contribution in [3.05, 3.63) is 47.5 Å². The molecule has 3 rings (SSSR count). The Bertz CT molecular complexity index is 839. The Morgan fingerprint density at radius 3 is 2.68 bits per heavy atom. The molecular formula is C18H18F4N4O2. The number of ether oxygens (including phenoxy) is 1. The first-order chi connectivity index (χ1) is 13.3. The molecule has 2 N–H and O–H groups in total. The molecular weight excluding hydrogens is 380 g/mol. The molecule has 1 aliphatic heterocycles. The molecule has 150 valence electrons. The Kier molecular flexibility index (Phi) is 6.08. The zero-order chi connectivity index (χ0) is 20.1. The quantitative estimate of drug-likeness (QED) is 0.754. The van der Waals surface area contributed by atoms with E-state index >= 15 is 0 Å². The molecule has 1 aromatic heterocycles. The van der Waals surface area contributed by atoms with Crippen molar-refractivity contribution < 1.29 is 27.1 Å². The summed E-state index contributed by atoms with van der Waals surface area (Å²) < 4.78 is 58.7. The molecule has 6 nitrogen and oxygen atoms in total. The number of halogens is 4. The minimum atomic E-state index is -4.85. The molecule has 1 amide bonds. The number of carbonyl (C=O) groups is 1. The lowest BCUT2D eigenvalue weighted by Crippen LogP contribution is -2.33. The van der Waals surface area contributed by atoms with Crippen LogP contribution in [0.25, 0.3) is 0 Å². The lowest BCUT2D eigenvalue weighted by molar-refractivity contribution is -0.141. The van der Waals surface area contributed by atoms with Crippen molar-refractivity contribution in [1.29, 1.82) is 0 Å². The number of hydrogen-bond donors (Lipinski definition) is 2. The number of aromatic nitrogens is 2. The molecule has 0 aliphatic carbocycles. The Hall–Kier alpha value is -2.75. The van der Waals surface area contributed by atoms with Gasteiger partial charge in [-0.25, -0.2) is 14.4 Å². The summed E-state index contributed by atoms with van der Waals surface area (Å²) in [6.45, 7) is 1.39. The lowest BCUT2D eigenvalue weighted by Gasteiger charge is -2.22. The number of nitrogens with zero attached hydrogens (tertiary/aromatic N) is 2. The number of amides is 1. The van der Waals surface area contributed by atoms with Crippen molar-refractivity contribution in [3.8, 4) is 0 Å². The first-order valence-electron chi connectivity index (χ1n) is 8.65. The van der Waals surface area contributed by atoms with Crippen LogP contribution in [-0.2, 0) is 10.9 Å². The third kappa shape index (κ3) is 5.16. The number of nitrogens with one attached hydrogen (secondary N) is 2. The largest absolute Gasteiger partial charge is 0.434 e. The number of anilines is 2. The Labute approximate surface area is 158 Å². The van der Waals surface area contributed by atoms with Crippen LogP contribution in [0, 0.1) is 11.7 Å². The van der Waals surface area contributed by atoms with Gasteiger partial charge in [0.05, 0.1) is 5.56 Å². The van der Waals surface area contributed by atoms with Crippen molar-refractivity contribution >= 4 is 17.5 Å². The summed E-state index contributed by atoms with van der Waals surface area (Å²) in [6, 6.07) is 5.12. The fourth-order valence-corrected chi connectivity index (χ4v) is 2.80. The summed E-state index contributed by atoms with van der Waals surface area (Å²) in [5.41, 5.74) is -1.83. The van der Waals surface area contributed by atoms with Crippen LogP contribution in [0.5, 0.6) is 0 Å². The van der Waals surface area contributed by atoms with Gasteiger partial charge in [0.15, 0.2) is 5.69 Å². The summed E-state index contributed by atoms with van der Waals surface area (Å²) in [7, 11) is 0. The number of benzene rings is 1. The third-order valence-electron chi connectivity index (χ3n) is 4.27. The molecule has 2 aromatic rings. The second-order valence-electron chi connectivity index (χ2n) is 6.35. The molecule has 0 saturated carbocycles. The van der Waals surface area contributed by atoms with Crippen LogP contribution in [0.2, 0.25) is 0 Å². The number of rotatable bonds is 5. The smallest absolute Gasteiger partial charge is 0.381 e. The van der Waals surface area contributed by atoms with Gasteiger partial charge in [0, 0.05) is 31.6 Å². The van der Waals surface area contributed by atoms with Crippen LogP contribution in [0.3, 0.4) is 0 Å². The summed E-state index contributed by atoms with van der Waals surface area (Å²) in [5, 5.41) is 5.01. The van der Waals surface area contributed by atoms with Crippen LogP contribution in [0.4, 0.5) is 29.2 Å². The minimum Gasteiger partial charge on any atom is -0.381 e. The summed E-state index contributed by atoms with van der Waals surface area (Å²) in [6.07, 6.45) is -2.57. The van der Waals surface area contributed by atoms with Crippen molar-refractivity contribution in [2.75, 3.05) is 25.1 Å². The van der Waals surface area contributed by atoms with Gasteiger partial charge < -0.3 is 15.4 Å². The normalized spacial score (nSPS) is 15.3. The van der Waals surface area contributed by atoms with E-state index in [1.807, 2.05) is 0 Å². The highest BCUT2D eigenvalue weighted by Crippen LogP contribution is 2.31. The maximum Gasteiger partial charge on any atom is 0.434 e. The highest BCUT2D eigenvalue weighted by atomic mass is 19.4. The molecule has 2 heterocycles. The van der Waals surface area contributed by atoms with Crippen LogP contribution >= 0.6 is 0 Å². The lowest BCUT2D eigenvalue weighted by atomic mass is 10.0. The van der Waals surface area contributed by atoms with Gasteiger partial charge in [-0.3, -0.25) is 4.79 Å². The van der Waals surface area contributed by atoms with Gasteiger partial charge in [-0.1, -0.05) is 6.07 Å². The summed E-state index contributed by atoms with van der Waals surface area (Å²) in [5.74, 6) is -1.69. The SMILES string of the molecule is O=C(NCC1CCOCC1)c1cnc(Nc2cccc(F)c2)nc1C(F)(F)F. The van der Waals surface area contributed by atoms with Crippen molar-refractivity contribution in [1.82, 2.24) is 15.3 Å². The van der Waals surface area contributed by atoms with Gasteiger partial charge in [0.2, 0.25) is 5.95 Å². The average Bonchev–Trinajstić information content (AvgIpc) is 2.66. The van der Waals surface area contributed by atoms with Gasteiger partial charge in [-0.15, -0.1) is 0 Å². The average molecular weight is 398 g/mol. The summed E-state index contributed by atoms with van der Waals surface area (Å²) in [4.78, 5) is 19.5. The first-order valence-corrected chi connectivity index (χ1v) is 8.65. The predicted molar refractivity (Wildman–Crippen MR) is 92.6 cm³/mol. The highest BCUT2D eigenvalue weighted by molar-refractivity contribution is 5.95. The predicted octanol–water partition coefficient (Wildman–Crippen LogP) is 3.53. The standard InChI is InChI=1S/C18H18F4N4O2/c19-12-2-1-3-13(8-12)25-17-24-10-14(15(26-17)18(20,21)22)16(27)23-9-11-4-6-28-7-5-11/h1-3,8,10-11H,4-7,9H2,(H,23,27)(H,24,25,26). The Morgan fingerprint density at radius 1 is 1.25 bits per heavy atom. The van der Waals surface area contributed by atoms with Gasteiger partial charge >= 0.3 is 6.18 Å². The first kappa shape index (κ1) is 20.0. The zero-order valence-electron chi connectivity index (χ0n) is 14.7. The molecule has 1 aromatic carbocycles. The number of carbonyl (C=O) groups excluding carboxylic acids is 1. The molecule has 28 heavy (non-hydrogen) atoms. The molecule has 0 radical (unpaired) electrons. The van der Waals surface area contributed by atoms with E-state index in [1.54, 1.807) is 0 Å². The van der Waals surface area contributed by atoms with Gasteiger partial charge in [0.25, 0.3) is 5.91 Å². The van der Waals surface area contributed by atoms with Crippen LogP contribution in [0.1, 0.15) is 28.9 Å². The van der Waals surface area contributed by atoms with Crippen LogP contribution in [-0.4, -0.2) is 35.6 Å². The van der Waals surface area contributed by atoms with Crippen molar-refractivity contribution in [3.63, 3.8) is 0 Å². The van der Waals surface area contributed by atoms with Crippen LogP contribution < -0.4 is 10.6 Å². The maximum atomic E-state index is 13.4. The molecule has 1 aliphatic rings. The van der Waals surface area contributed by atoms with E-state index in [0.717, 1.165) is 25.1 Å². The molecule has 0 spiro atoms. The van der Waals surface area contributed by atoms with Crippen LogP contribution in [0.15, 0.2) is 30.5 Å². The fourth-order valence-electron chi connectivity index (χ4n) is 2.80. The molecule has 0 bridgehead atoms. The highest BCUT2D eigenvalue weighted by Gasteiger charge is 2.38. The van der Waals surface area contributed by atoms with Crippen molar-refractivity contribution in [2.24, 2.45) is 5.92 Å². The van der Waals surface area contributed by atoms with Gasteiger partial charge in [-0.2, -0.15) is 13.2 Å². The Morgan fingerprint density at radius 2 is 2.00 bits per heavy atom. The van der Waals surface area contributed by atoms with Crippen molar-refractivity contribution in [2.45, 2.75) is 19.0 Å². The third-order valence-corrected chi connectivity index (χ3v) is 4.27. The maximum absolute atomic E-state index is 13.4. The molecule has 0 unspecified atom stereocenters. The number of alkyl halides is 3. The van der Waals surface area contributed by atoms with E-state index in [9.17, 15) is 22.4 Å². The van der Waals surface area contributed by atoms with Gasteiger partial charge in [-0.05, 0) is 37.0 Å². The van der Waals surface area contributed by atoms with E-state index in [4.69, 9.17) is 4.74 Å². The molecule has 0 atom stereocenters. The fraction of sp³-hybridized carbons (Fsp3) is 0.389. The zero-order valence-corrected chi connectivity index (χ0v) is 14.7. The van der Waals surface area contributed by atoms with E-state index < -0.39 is 29.2 Å². The Balaban J connectivity index is 1.77. The van der Waals surface area contributed by atoms with E-state index in [2.05, 4.69) is 20.6 Å². The van der Waals surface area contributed by atoms with E-state index in [-0.39, 0.29) is 24.1 Å². The molecule has 10 heteroatoms. The minimum absolute atomic E-state index is 0.155. The topological polar surface area (TPSA) is 76.1 Å². The monoisotopic (exact) mass is 398 g/mol. The van der Waals surface area contributed by atoms with E-state index in [1.165, 1.54) is 18.2 Å². The molecule has 1 fully saturated rings. The summed E-state index contributed by atoms with van der Waals surface area (Å²) >= 11 is 0. The second-order valence-corrected chi connectivity index (χ2v) is 6.35. The second kappa shape index (κ2) is 8.51. The van der Waals surface area contributed by atoms with E-state index in [0.29, 0.717) is 13.2 Å².